The van der Waals surface area contributed by atoms with E-state index in [0.29, 0.717) is 24.5 Å². The number of rotatable bonds is 5. The topological polar surface area (TPSA) is 69.7 Å². The van der Waals surface area contributed by atoms with E-state index in [-0.39, 0.29) is 29.4 Å². The van der Waals surface area contributed by atoms with Gasteiger partial charge in [0.25, 0.3) is 5.91 Å². The Balaban J connectivity index is 1.51. The van der Waals surface area contributed by atoms with E-state index in [1.165, 1.54) is 10.4 Å². The van der Waals surface area contributed by atoms with Crippen LogP contribution in [0.5, 0.6) is 0 Å². The first-order valence-electron chi connectivity index (χ1n) is 10.4. The molecule has 1 saturated heterocycles. The van der Waals surface area contributed by atoms with Gasteiger partial charge < -0.3 is 10.2 Å². The summed E-state index contributed by atoms with van der Waals surface area (Å²) in [5, 5.41) is 2.58. The van der Waals surface area contributed by atoms with E-state index < -0.39 is 21.7 Å². The van der Waals surface area contributed by atoms with Crippen molar-refractivity contribution in [1.29, 1.82) is 0 Å². The molecule has 4 rings (SSSR count). The molecule has 0 aromatic heterocycles. The second-order valence-corrected chi connectivity index (χ2v) is 9.74. The van der Waals surface area contributed by atoms with Crippen molar-refractivity contribution < 1.29 is 22.0 Å². The van der Waals surface area contributed by atoms with Crippen molar-refractivity contribution in [3.63, 3.8) is 0 Å². The smallest absolute Gasteiger partial charge is 0.258 e. The summed E-state index contributed by atoms with van der Waals surface area (Å²) < 4.78 is 56.0. The SMILES string of the molecule is Cc1ccc(NC(=O)c2cc(S(=O)(=O)N3CCN(c4ccccc4F)CC3)ccc2F)cc1. The number of anilines is 2. The van der Waals surface area contributed by atoms with E-state index in [1.54, 1.807) is 47.4 Å². The number of carbonyl (C=O) groups excluding carboxylic acids is 1. The van der Waals surface area contributed by atoms with Crippen molar-refractivity contribution in [2.24, 2.45) is 0 Å². The number of nitrogens with zero attached hydrogens (tertiary/aromatic N) is 2. The molecule has 1 aliphatic heterocycles. The number of sulfonamides is 1. The van der Waals surface area contributed by atoms with Crippen molar-refractivity contribution in [2.75, 3.05) is 36.4 Å². The first kappa shape index (κ1) is 22.9. The third-order valence-corrected chi connectivity index (χ3v) is 7.46. The average molecular weight is 472 g/mol. The molecule has 0 unspecified atom stereocenters. The molecular weight excluding hydrogens is 448 g/mol. The molecule has 3 aromatic carbocycles. The highest BCUT2D eigenvalue weighted by Gasteiger charge is 2.30. The first-order chi connectivity index (χ1) is 15.8. The molecule has 0 bridgehead atoms. The second kappa shape index (κ2) is 9.29. The summed E-state index contributed by atoms with van der Waals surface area (Å²) in [6.45, 7) is 2.79. The van der Waals surface area contributed by atoms with Crippen LogP contribution in [0.15, 0.2) is 71.6 Å². The molecule has 6 nitrogen and oxygen atoms in total. The van der Waals surface area contributed by atoms with Crippen molar-refractivity contribution in [2.45, 2.75) is 11.8 Å². The van der Waals surface area contributed by atoms with Crippen LogP contribution in [0.3, 0.4) is 0 Å². The summed E-state index contributed by atoms with van der Waals surface area (Å²) in [6, 6.07) is 16.5. The van der Waals surface area contributed by atoms with E-state index >= 15 is 0 Å². The Morgan fingerprint density at radius 2 is 1.55 bits per heavy atom. The van der Waals surface area contributed by atoms with Gasteiger partial charge in [0.15, 0.2) is 0 Å². The standard InChI is InChI=1S/C24H23F2N3O3S/c1-17-6-8-18(9-7-17)27-24(30)20-16-19(10-11-21(20)25)33(31,32)29-14-12-28(13-15-29)23-5-3-2-4-22(23)26/h2-11,16H,12-15H2,1H3,(H,27,30). The van der Waals surface area contributed by atoms with Crippen LogP contribution in [0.4, 0.5) is 20.2 Å². The molecule has 1 fully saturated rings. The molecule has 1 N–H and O–H groups in total. The Bertz CT molecular complexity index is 1270. The lowest BCUT2D eigenvalue weighted by Crippen LogP contribution is -2.48. The van der Waals surface area contributed by atoms with Gasteiger partial charge in [-0.3, -0.25) is 4.79 Å². The third-order valence-electron chi connectivity index (χ3n) is 5.56. The summed E-state index contributed by atoms with van der Waals surface area (Å²) in [5.41, 5.74) is 1.54. The van der Waals surface area contributed by atoms with Crippen LogP contribution in [0.1, 0.15) is 15.9 Å². The lowest BCUT2D eigenvalue weighted by atomic mass is 10.2. The van der Waals surface area contributed by atoms with Crippen molar-refractivity contribution in [1.82, 2.24) is 4.31 Å². The first-order valence-corrected chi connectivity index (χ1v) is 11.9. The molecule has 9 heteroatoms. The molecule has 1 amide bonds. The zero-order chi connectivity index (χ0) is 23.6. The fourth-order valence-corrected chi connectivity index (χ4v) is 5.15. The normalized spacial score (nSPS) is 14.8. The summed E-state index contributed by atoms with van der Waals surface area (Å²) in [4.78, 5) is 14.2. The van der Waals surface area contributed by atoms with Gasteiger partial charge in [-0.15, -0.1) is 0 Å². The minimum absolute atomic E-state index is 0.138. The molecular formula is C24H23F2N3O3S. The minimum Gasteiger partial charge on any atom is -0.367 e. The highest BCUT2D eigenvalue weighted by Crippen LogP contribution is 2.25. The Hall–Kier alpha value is -3.30. The largest absolute Gasteiger partial charge is 0.367 e. The highest BCUT2D eigenvalue weighted by molar-refractivity contribution is 7.89. The molecule has 0 radical (unpaired) electrons. The quantitative estimate of drug-likeness (QED) is 0.610. The van der Waals surface area contributed by atoms with Crippen LogP contribution >= 0.6 is 0 Å². The Morgan fingerprint density at radius 3 is 2.21 bits per heavy atom. The second-order valence-electron chi connectivity index (χ2n) is 7.80. The number of benzene rings is 3. The average Bonchev–Trinajstić information content (AvgIpc) is 2.81. The molecule has 1 heterocycles. The lowest BCUT2D eigenvalue weighted by molar-refractivity contribution is 0.102. The van der Waals surface area contributed by atoms with E-state index in [9.17, 15) is 22.0 Å². The van der Waals surface area contributed by atoms with Crippen LogP contribution in [-0.2, 0) is 10.0 Å². The number of nitrogens with one attached hydrogen (secondary N) is 1. The van der Waals surface area contributed by atoms with Crippen molar-refractivity contribution in [3.8, 4) is 0 Å². The molecule has 33 heavy (non-hydrogen) atoms. The minimum atomic E-state index is -3.96. The molecule has 172 valence electrons. The van der Waals surface area contributed by atoms with Crippen molar-refractivity contribution >= 4 is 27.3 Å². The summed E-state index contributed by atoms with van der Waals surface area (Å²) in [5.74, 6) is -1.92. The van der Waals surface area contributed by atoms with Crippen molar-refractivity contribution in [3.05, 3.63) is 89.5 Å². The van der Waals surface area contributed by atoms with E-state index in [2.05, 4.69) is 5.32 Å². The van der Waals surface area contributed by atoms with Gasteiger partial charge >= 0.3 is 0 Å². The van der Waals surface area contributed by atoms with Gasteiger partial charge in [0.2, 0.25) is 10.0 Å². The fourth-order valence-electron chi connectivity index (χ4n) is 3.70. The van der Waals surface area contributed by atoms with Gasteiger partial charge in [-0.2, -0.15) is 4.31 Å². The van der Waals surface area contributed by atoms with E-state index in [1.807, 2.05) is 6.92 Å². The molecule has 0 spiro atoms. The van der Waals surface area contributed by atoms with Crippen LogP contribution in [0, 0.1) is 18.6 Å². The lowest BCUT2D eigenvalue weighted by Gasteiger charge is -2.35. The van der Waals surface area contributed by atoms with Gasteiger partial charge in [0, 0.05) is 31.9 Å². The zero-order valence-corrected chi connectivity index (χ0v) is 18.8. The van der Waals surface area contributed by atoms with Gasteiger partial charge in [-0.05, 0) is 49.4 Å². The van der Waals surface area contributed by atoms with Gasteiger partial charge in [-0.1, -0.05) is 29.8 Å². The molecule has 3 aromatic rings. The number of aryl methyl sites for hydroxylation is 1. The number of hydrogen-bond donors (Lipinski definition) is 1. The van der Waals surface area contributed by atoms with Crippen LogP contribution in [-0.4, -0.2) is 44.8 Å². The van der Waals surface area contributed by atoms with Crippen LogP contribution < -0.4 is 10.2 Å². The van der Waals surface area contributed by atoms with Crippen LogP contribution in [0.25, 0.3) is 0 Å². The summed E-state index contributed by atoms with van der Waals surface area (Å²) in [6.07, 6.45) is 0. The van der Waals surface area contributed by atoms with Gasteiger partial charge in [0.05, 0.1) is 16.1 Å². The van der Waals surface area contributed by atoms with Gasteiger partial charge in [-0.25, -0.2) is 17.2 Å². The number of halogens is 2. The van der Waals surface area contributed by atoms with E-state index in [4.69, 9.17) is 0 Å². The third kappa shape index (κ3) is 4.89. The number of amides is 1. The molecule has 0 atom stereocenters. The number of hydrogen-bond acceptors (Lipinski definition) is 4. The Kier molecular flexibility index (Phi) is 6.44. The number of para-hydroxylation sites is 1. The maximum atomic E-state index is 14.4. The summed E-state index contributed by atoms with van der Waals surface area (Å²) >= 11 is 0. The van der Waals surface area contributed by atoms with Crippen LogP contribution in [0.2, 0.25) is 0 Å². The summed E-state index contributed by atoms with van der Waals surface area (Å²) in [7, 11) is -3.96. The maximum absolute atomic E-state index is 14.4. The maximum Gasteiger partial charge on any atom is 0.258 e. The Morgan fingerprint density at radius 1 is 0.879 bits per heavy atom. The predicted molar refractivity (Wildman–Crippen MR) is 123 cm³/mol. The fraction of sp³-hybridized carbons (Fsp3) is 0.208. The molecule has 0 aliphatic carbocycles. The predicted octanol–water partition coefficient (Wildman–Crippen LogP) is 4.04. The number of piperazine rings is 1. The van der Waals surface area contributed by atoms with E-state index in [0.717, 1.165) is 23.8 Å². The monoisotopic (exact) mass is 471 g/mol. The molecule has 1 aliphatic rings. The Labute approximate surface area is 191 Å². The highest BCUT2D eigenvalue weighted by atomic mass is 32.2. The van der Waals surface area contributed by atoms with Gasteiger partial charge in [0.1, 0.15) is 11.6 Å². The number of carbonyl (C=O) groups is 1. The zero-order valence-electron chi connectivity index (χ0n) is 18.0. The molecule has 0 saturated carbocycles.